The summed E-state index contributed by atoms with van der Waals surface area (Å²) in [7, 11) is -4.12. The SMILES string of the molecule is O=C(O)N1C(C2CCCO2)COS1(=O)=O. The van der Waals surface area contributed by atoms with E-state index >= 15 is 0 Å². The van der Waals surface area contributed by atoms with E-state index in [-0.39, 0.29) is 12.7 Å². The Morgan fingerprint density at radius 2 is 2.20 bits per heavy atom. The summed E-state index contributed by atoms with van der Waals surface area (Å²) in [4.78, 5) is 10.8. The monoisotopic (exact) mass is 237 g/mol. The highest BCUT2D eigenvalue weighted by Crippen LogP contribution is 2.27. The van der Waals surface area contributed by atoms with Crippen LogP contribution in [0.1, 0.15) is 12.8 Å². The van der Waals surface area contributed by atoms with Crippen LogP contribution in [0, 0.1) is 0 Å². The van der Waals surface area contributed by atoms with Crippen molar-refractivity contribution in [1.29, 1.82) is 0 Å². The second-order valence-corrected chi connectivity index (χ2v) is 4.92. The highest BCUT2D eigenvalue weighted by Gasteiger charge is 2.47. The number of rotatable bonds is 1. The predicted octanol–water partition coefficient (Wildman–Crippen LogP) is -0.211. The van der Waals surface area contributed by atoms with E-state index in [0.717, 1.165) is 6.42 Å². The maximum Gasteiger partial charge on any atom is 0.423 e. The van der Waals surface area contributed by atoms with Crippen molar-refractivity contribution in [1.82, 2.24) is 4.31 Å². The van der Waals surface area contributed by atoms with Crippen molar-refractivity contribution in [3.05, 3.63) is 0 Å². The van der Waals surface area contributed by atoms with Gasteiger partial charge in [-0.3, -0.25) is 4.18 Å². The van der Waals surface area contributed by atoms with Gasteiger partial charge in [-0.1, -0.05) is 0 Å². The number of carboxylic acid groups (broad SMARTS) is 1. The van der Waals surface area contributed by atoms with Gasteiger partial charge < -0.3 is 9.84 Å². The molecule has 0 radical (unpaired) electrons. The lowest BCUT2D eigenvalue weighted by atomic mass is 10.1. The first-order chi connectivity index (χ1) is 7.02. The normalized spacial score (nSPS) is 34.5. The van der Waals surface area contributed by atoms with E-state index in [1.807, 2.05) is 0 Å². The molecule has 8 heteroatoms. The Balaban J connectivity index is 2.22. The summed E-state index contributed by atoms with van der Waals surface area (Å²) in [5.74, 6) is 0. The molecule has 1 amide bonds. The smallest absolute Gasteiger partial charge is 0.423 e. The fourth-order valence-corrected chi connectivity index (χ4v) is 2.99. The lowest BCUT2D eigenvalue weighted by Crippen LogP contribution is -2.44. The van der Waals surface area contributed by atoms with Crippen LogP contribution >= 0.6 is 0 Å². The van der Waals surface area contributed by atoms with Crippen LogP contribution < -0.4 is 0 Å². The number of carbonyl (C=O) groups is 1. The molecule has 2 aliphatic rings. The molecule has 0 spiro atoms. The molecule has 7 nitrogen and oxygen atoms in total. The molecule has 2 atom stereocenters. The van der Waals surface area contributed by atoms with Gasteiger partial charge in [0, 0.05) is 6.61 Å². The average Bonchev–Trinajstić information content (AvgIpc) is 2.69. The molecule has 2 unspecified atom stereocenters. The molecular formula is C7H11NO6S. The van der Waals surface area contributed by atoms with Gasteiger partial charge in [-0.05, 0) is 12.8 Å². The highest BCUT2D eigenvalue weighted by atomic mass is 32.2. The van der Waals surface area contributed by atoms with Crippen molar-refractivity contribution in [3.63, 3.8) is 0 Å². The van der Waals surface area contributed by atoms with Crippen molar-refractivity contribution < 1.29 is 27.2 Å². The zero-order valence-electron chi connectivity index (χ0n) is 7.83. The predicted molar refractivity (Wildman–Crippen MR) is 47.5 cm³/mol. The molecule has 2 aliphatic heterocycles. The Bertz CT molecular complexity index is 360. The molecule has 2 fully saturated rings. The topological polar surface area (TPSA) is 93.1 Å². The van der Waals surface area contributed by atoms with E-state index in [1.54, 1.807) is 0 Å². The van der Waals surface area contributed by atoms with Gasteiger partial charge in [0.1, 0.15) is 6.04 Å². The molecule has 2 rings (SSSR count). The molecule has 0 aliphatic carbocycles. The van der Waals surface area contributed by atoms with Gasteiger partial charge in [0.15, 0.2) is 0 Å². The molecule has 0 aromatic rings. The summed E-state index contributed by atoms with van der Waals surface area (Å²) < 4.78 is 32.6. The molecule has 0 aromatic carbocycles. The summed E-state index contributed by atoms with van der Waals surface area (Å²) in [5.41, 5.74) is 0. The van der Waals surface area contributed by atoms with Gasteiger partial charge in [-0.25, -0.2) is 4.79 Å². The van der Waals surface area contributed by atoms with Crippen molar-refractivity contribution in [2.24, 2.45) is 0 Å². The molecule has 15 heavy (non-hydrogen) atoms. The number of amides is 1. The van der Waals surface area contributed by atoms with Crippen molar-refractivity contribution in [3.8, 4) is 0 Å². The molecule has 1 N–H and O–H groups in total. The van der Waals surface area contributed by atoms with Crippen LogP contribution in [0.3, 0.4) is 0 Å². The van der Waals surface area contributed by atoms with E-state index in [4.69, 9.17) is 9.84 Å². The van der Waals surface area contributed by atoms with Gasteiger partial charge in [0.25, 0.3) is 0 Å². The van der Waals surface area contributed by atoms with Crippen LogP contribution in [0.4, 0.5) is 4.79 Å². The minimum Gasteiger partial charge on any atom is -0.464 e. The van der Waals surface area contributed by atoms with Gasteiger partial charge >= 0.3 is 16.4 Å². The van der Waals surface area contributed by atoms with Crippen LogP contribution in [-0.4, -0.2) is 49.3 Å². The lowest BCUT2D eigenvalue weighted by molar-refractivity contribution is 0.0527. The second kappa shape index (κ2) is 3.62. The Kier molecular flexibility index (Phi) is 2.57. The number of hydrogen-bond acceptors (Lipinski definition) is 5. The lowest BCUT2D eigenvalue weighted by Gasteiger charge is -2.21. The molecule has 2 heterocycles. The second-order valence-electron chi connectivity index (χ2n) is 3.44. The summed E-state index contributed by atoms with van der Waals surface area (Å²) in [5, 5.41) is 8.79. The zero-order chi connectivity index (χ0) is 11.1. The van der Waals surface area contributed by atoms with E-state index in [2.05, 4.69) is 4.18 Å². The molecule has 2 saturated heterocycles. The fourth-order valence-electron chi connectivity index (χ4n) is 1.85. The summed E-state index contributed by atoms with van der Waals surface area (Å²) in [6.45, 7) is 0.383. The largest absolute Gasteiger partial charge is 0.464 e. The summed E-state index contributed by atoms with van der Waals surface area (Å²) in [6, 6.07) is -0.741. The van der Waals surface area contributed by atoms with E-state index in [9.17, 15) is 13.2 Å². The van der Waals surface area contributed by atoms with Crippen molar-refractivity contribution >= 4 is 16.4 Å². The van der Waals surface area contributed by atoms with Crippen LogP contribution in [-0.2, 0) is 19.2 Å². The molecule has 0 bridgehead atoms. The van der Waals surface area contributed by atoms with Gasteiger partial charge in [-0.2, -0.15) is 12.7 Å². The van der Waals surface area contributed by atoms with Crippen molar-refractivity contribution in [2.75, 3.05) is 13.2 Å². The first-order valence-corrected chi connectivity index (χ1v) is 5.92. The Morgan fingerprint density at radius 3 is 2.73 bits per heavy atom. The standard InChI is InChI=1S/C7H11NO6S/c9-7(10)8-5(4-14-15(8,11)12)6-2-1-3-13-6/h5-6H,1-4H2,(H,9,10). The van der Waals surface area contributed by atoms with E-state index < -0.39 is 22.4 Å². The van der Waals surface area contributed by atoms with Gasteiger partial charge in [0.05, 0.1) is 12.7 Å². The van der Waals surface area contributed by atoms with Gasteiger partial charge in [0.2, 0.25) is 0 Å². The minimum absolute atomic E-state index is 0.153. The Hall–Kier alpha value is -0.860. The summed E-state index contributed by atoms with van der Waals surface area (Å²) >= 11 is 0. The number of hydrogen-bond donors (Lipinski definition) is 1. The van der Waals surface area contributed by atoms with Crippen LogP contribution in [0.25, 0.3) is 0 Å². The third-order valence-electron chi connectivity index (χ3n) is 2.51. The number of ether oxygens (including phenoxy) is 1. The van der Waals surface area contributed by atoms with Crippen LogP contribution in [0.2, 0.25) is 0 Å². The average molecular weight is 237 g/mol. The Morgan fingerprint density at radius 1 is 1.47 bits per heavy atom. The molecular weight excluding hydrogens is 226 g/mol. The third kappa shape index (κ3) is 1.80. The van der Waals surface area contributed by atoms with E-state index in [1.165, 1.54) is 0 Å². The van der Waals surface area contributed by atoms with Gasteiger partial charge in [-0.15, -0.1) is 0 Å². The zero-order valence-corrected chi connectivity index (χ0v) is 8.64. The number of nitrogens with zero attached hydrogens (tertiary/aromatic N) is 1. The van der Waals surface area contributed by atoms with E-state index in [0.29, 0.717) is 17.3 Å². The maximum atomic E-state index is 11.2. The first kappa shape index (κ1) is 10.7. The first-order valence-electron chi connectivity index (χ1n) is 4.55. The Labute approximate surface area is 86.8 Å². The minimum atomic E-state index is -4.12. The fraction of sp³-hybridized carbons (Fsp3) is 0.857. The van der Waals surface area contributed by atoms with Crippen LogP contribution in [0.15, 0.2) is 0 Å². The van der Waals surface area contributed by atoms with Crippen molar-refractivity contribution in [2.45, 2.75) is 25.0 Å². The molecule has 86 valence electrons. The van der Waals surface area contributed by atoms with Crippen LogP contribution in [0.5, 0.6) is 0 Å². The summed E-state index contributed by atoms with van der Waals surface area (Å²) in [6.07, 6.45) is -0.423. The third-order valence-corrected chi connectivity index (χ3v) is 3.86. The molecule has 0 saturated carbocycles. The quantitative estimate of drug-likeness (QED) is 0.678. The molecule has 0 aromatic heterocycles. The highest BCUT2D eigenvalue weighted by molar-refractivity contribution is 7.85. The maximum absolute atomic E-state index is 11.2.